The first kappa shape index (κ1) is 17.5. The maximum atomic E-state index is 5.83. The van der Waals surface area contributed by atoms with Crippen LogP contribution in [0.5, 0.6) is 6.01 Å². The Bertz CT molecular complexity index is 1090. The van der Waals surface area contributed by atoms with Gasteiger partial charge in [0, 0.05) is 17.8 Å². The van der Waals surface area contributed by atoms with Crippen LogP contribution in [0.25, 0.3) is 22.6 Å². The van der Waals surface area contributed by atoms with Gasteiger partial charge >= 0.3 is 6.01 Å². The molecule has 0 aliphatic heterocycles. The smallest absolute Gasteiger partial charge is 0.322 e. The van der Waals surface area contributed by atoms with Gasteiger partial charge < -0.3 is 19.8 Å². The molecule has 8 heteroatoms. The zero-order chi connectivity index (χ0) is 19.5. The van der Waals surface area contributed by atoms with Crippen LogP contribution in [0.1, 0.15) is 0 Å². The molecule has 0 bridgehead atoms. The van der Waals surface area contributed by atoms with E-state index in [4.69, 9.17) is 14.9 Å². The van der Waals surface area contributed by atoms with Crippen molar-refractivity contribution in [1.82, 2.24) is 19.9 Å². The van der Waals surface area contributed by atoms with Crippen LogP contribution in [0.2, 0.25) is 0 Å². The molecule has 0 saturated heterocycles. The molecule has 0 amide bonds. The van der Waals surface area contributed by atoms with Crippen molar-refractivity contribution < 1.29 is 9.15 Å². The van der Waals surface area contributed by atoms with Crippen molar-refractivity contribution in [1.29, 1.82) is 0 Å². The number of hydrogen-bond acceptors (Lipinski definition) is 8. The van der Waals surface area contributed by atoms with Crippen LogP contribution in [0.4, 0.5) is 17.6 Å². The summed E-state index contributed by atoms with van der Waals surface area (Å²) in [6.45, 7) is 4.29. The van der Waals surface area contributed by atoms with Crippen molar-refractivity contribution in [3.8, 4) is 17.5 Å². The number of fused-ring (bicyclic) bond motifs is 1. The Hall–Kier alpha value is -3.94. The van der Waals surface area contributed by atoms with Crippen molar-refractivity contribution >= 4 is 28.7 Å². The molecule has 140 valence electrons. The van der Waals surface area contributed by atoms with Gasteiger partial charge in [-0.15, -0.1) is 6.58 Å². The van der Waals surface area contributed by atoms with Crippen LogP contribution in [-0.4, -0.2) is 33.6 Å². The lowest BCUT2D eigenvalue weighted by molar-refractivity contribution is 0.379. The largest absolute Gasteiger partial charge is 0.467 e. The van der Waals surface area contributed by atoms with Gasteiger partial charge in [-0.2, -0.15) is 15.0 Å². The van der Waals surface area contributed by atoms with Crippen LogP contribution in [-0.2, 0) is 0 Å². The average Bonchev–Trinajstić information content (AvgIpc) is 3.16. The zero-order valence-electron chi connectivity index (χ0n) is 15.2. The Morgan fingerprint density at radius 3 is 2.57 bits per heavy atom. The molecule has 0 atom stereocenters. The van der Waals surface area contributed by atoms with E-state index >= 15 is 0 Å². The van der Waals surface area contributed by atoms with Crippen LogP contribution in [0.15, 0.2) is 65.6 Å². The van der Waals surface area contributed by atoms with Crippen LogP contribution in [0, 0.1) is 0 Å². The quantitative estimate of drug-likeness (QED) is 0.511. The molecule has 2 aromatic carbocycles. The van der Waals surface area contributed by atoms with Crippen molar-refractivity contribution in [3.05, 3.63) is 61.2 Å². The van der Waals surface area contributed by atoms with E-state index in [0.717, 1.165) is 22.4 Å². The summed E-state index contributed by atoms with van der Waals surface area (Å²) in [7, 11) is 1.48. The number of nitrogen functional groups attached to an aromatic ring is 1. The number of methoxy groups -OCH3 is 1. The van der Waals surface area contributed by atoms with Crippen molar-refractivity contribution in [2.24, 2.45) is 0 Å². The van der Waals surface area contributed by atoms with Crippen molar-refractivity contribution in [3.63, 3.8) is 0 Å². The van der Waals surface area contributed by atoms with E-state index in [2.05, 4.69) is 26.5 Å². The van der Waals surface area contributed by atoms with E-state index in [9.17, 15) is 0 Å². The molecule has 0 fully saturated rings. The second kappa shape index (κ2) is 7.36. The summed E-state index contributed by atoms with van der Waals surface area (Å²) in [6, 6.07) is 15.5. The first-order chi connectivity index (χ1) is 13.7. The third-order valence-electron chi connectivity index (χ3n) is 4.08. The topological polar surface area (TPSA) is 103 Å². The monoisotopic (exact) mass is 374 g/mol. The summed E-state index contributed by atoms with van der Waals surface area (Å²) in [5, 5.41) is 0. The van der Waals surface area contributed by atoms with Gasteiger partial charge in [-0.25, -0.2) is 4.98 Å². The van der Waals surface area contributed by atoms with Gasteiger partial charge in [-0.05, 0) is 36.4 Å². The van der Waals surface area contributed by atoms with E-state index in [1.165, 1.54) is 7.11 Å². The van der Waals surface area contributed by atoms with Gasteiger partial charge in [0.05, 0.1) is 7.11 Å². The normalized spacial score (nSPS) is 10.8. The number of para-hydroxylation sites is 2. The lowest BCUT2D eigenvalue weighted by Crippen LogP contribution is -2.20. The van der Waals surface area contributed by atoms with Gasteiger partial charge in [0.15, 0.2) is 5.58 Å². The lowest BCUT2D eigenvalue weighted by atomic mass is 10.2. The highest BCUT2D eigenvalue weighted by atomic mass is 16.5. The second-order valence-corrected chi connectivity index (χ2v) is 5.91. The highest BCUT2D eigenvalue weighted by Crippen LogP contribution is 2.28. The van der Waals surface area contributed by atoms with Gasteiger partial charge in [-0.1, -0.05) is 18.2 Å². The molecule has 0 saturated carbocycles. The van der Waals surface area contributed by atoms with Gasteiger partial charge in [0.2, 0.25) is 17.8 Å². The number of nitrogens with zero attached hydrogens (tertiary/aromatic N) is 5. The molecular formula is C20H18N6O2. The van der Waals surface area contributed by atoms with Gasteiger partial charge in [0.1, 0.15) is 5.52 Å². The zero-order valence-corrected chi connectivity index (χ0v) is 15.2. The molecule has 0 spiro atoms. The maximum Gasteiger partial charge on any atom is 0.322 e. The van der Waals surface area contributed by atoms with Crippen LogP contribution < -0.4 is 15.4 Å². The highest BCUT2D eigenvalue weighted by molar-refractivity contribution is 5.76. The van der Waals surface area contributed by atoms with E-state index < -0.39 is 0 Å². The molecule has 0 unspecified atom stereocenters. The summed E-state index contributed by atoms with van der Waals surface area (Å²) >= 11 is 0. The Morgan fingerprint density at radius 2 is 1.86 bits per heavy atom. The average molecular weight is 374 g/mol. The number of anilines is 3. The fraction of sp³-hybridized carbons (Fsp3) is 0.100. The molecule has 0 aliphatic carbocycles. The van der Waals surface area contributed by atoms with Gasteiger partial charge in [0.25, 0.3) is 0 Å². The van der Waals surface area contributed by atoms with Crippen LogP contribution in [0.3, 0.4) is 0 Å². The standard InChI is InChI=1S/C20H18N6O2/c1-3-12-26(19-23-18(21)24-20(25-19)27-2)14-10-8-13(9-11-14)17-22-15-6-4-5-7-16(15)28-17/h3-11H,1,12H2,2H3,(H2,21,23,24,25). The van der Waals surface area contributed by atoms with Gasteiger partial charge in [-0.3, -0.25) is 0 Å². The predicted molar refractivity (Wildman–Crippen MR) is 107 cm³/mol. The Kier molecular flexibility index (Phi) is 4.59. The third-order valence-corrected chi connectivity index (χ3v) is 4.08. The Balaban J connectivity index is 1.68. The second-order valence-electron chi connectivity index (χ2n) is 5.91. The number of oxazole rings is 1. The lowest BCUT2D eigenvalue weighted by Gasteiger charge is -2.21. The van der Waals surface area contributed by atoms with Crippen molar-refractivity contribution in [2.45, 2.75) is 0 Å². The summed E-state index contributed by atoms with van der Waals surface area (Å²) in [6.07, 6.45) is 1.75. The number of rotatable bonds is 6. The molecule has 0 radical (unpaired) electrons. The molecule has 28 heavy (non-hydrogen) atoms. The Morgan fingerprint density at radius 1 is 1.07 bits per heavy atom. The molecule has 2 heterocycles. The van der Waals surface area contributed by atoms with Crippen LogP contribution >= 0.6 is 0 Å². The number of nitrogens with two attached hydrogens (primary N) is 1. The summed E-state index contributed by atoms with van der Waals surface area (Å²) in [5.74, 6) is 1.02. The fourth-order valence-electron chi connectivity index (χ4n) is 2.78. The van der Waals surface area contributed by atoms with E-state index in [0.29, 0.717) is 18.4 Å². The first-order valence-corrected chi connectivity index (χ1v) is 8.58. The summed E-state index contributed by atoms with van der Waals surface area (Å²) in [5.41, 5.74) is 9.06. The minimum Gasteiger partial charge on any atom is -0.467 e. The number of hydrogen-bond donors (Lipinski definition) is 1. The minimum atomic E-state index is 0.0824. The SMILES string of the molecule is C=CCN(c1ccc(-c2nc3ccccc3o2)cc1)c1nc(N)nc(OC)n1. The number of aromatic nitrogens is 4. The third kappa shape index (κ3) is 3.35. The molecule has 4 rings (SSSR count). The molecule has 2 aromatic heterocycles. The Labute approximate surface area is 161 Å². The van der Waals surface area contributed by atoms with Crippen molar-refractivity contribution in [2.75, 3.05) is 24.3 Å². The van der Waals surface area contributed by atoms with E-state index in [1.54, 1.807) is 6.08 Å². The first-order valence-electron chi connectivity index (χ1n) is 8.58. The molecule has 8 nitrogen and oxygen atoms in total. The molecule has 4 aromatic rings. The number of ether oxygens (including phenoxy) is 1. The highest BCUT2D eigenvalue weighted by Gasteiger charge is 2.15. The maximum absolute atomic E-state index is 5.83. The number of benzene rings is 2. The predicted octanol–water partition coefficient (Wildman–Crippen LogP) is 3.59. The summed E-state index contributed by atoms with van der Waals surface area (Å²) in [4.78, 5) is 18.8. The minimum absolute atomic E-state index is 0.0824. The molecular weight excluding hydrogens is 356 g/mol. The molecule has 2 N–H and O–H groups in total. The molecule has 0 aliphatic rings. The van der Waals surface area contributed by atoms with E-state index in [-0.39, 0.29) is 12.0 Å². The summed E-state index contributed by atoms with van der Waals surface area (Å²) < 4.78 is 10.9. The van der Waals surface area contributed by atoms with E-state index in [1.807, 2.05) is 53.4 Å². The fourth-order valence-corrected chi connectivity index (χ4v) is 2.78.